The average molecular weight is 385 g/mol. The molecule has 3 amide bonds. The molecule has 3 aliphatic heterocycles. The second-order valence-corrected chi connectivity index (χ2v) is 8.17. The Morgan fingerprint density at radius 3 is 2.82 bits per heavy atom. The fourth-order valence-corrected chi connectivity index (χ4v) is 5.27. The zero-order chi connectivity index (χ0) is 19.7. The molecule has 150 valence electrons. The van der Waals surface area contributed by atoms with E-state index in [0.29, 0.717) is 24.6 Å². The number of hydrogen-bond donors (Lipinski definition) is 2. The van der Waals surface area contributed by atoms with Gasteiger partial charge in [0.05, 0.1) is 12.6 Å². The van der Waals surface area contributed by atoms with Gasteiger partial charge in [0, 0.05) is 38.3 Å². The van der Waals surface area contributed by atoms with Crippen LogP contribution in [0.5, 0.6) is 0 Å². The second kappa shape index (κ2) is 7.87. The lowest BCUT2D eigenvalue weighted by atomic mass is 9.72. The highest BCUT2D eigenvalue weighted by Crippen LogP contribution is 2.41. The molecule has 1 aromatic rings. The summed E-state index contributed by atoms with van der Waals surface area (Å²) >= 11 is 0. The standard InChI is InChI=1S/C20H27N5O3/c21-18(26)12-24-10-13-8-14(11-24)17(25-16(13)5-3-6-19(25)27)9-23-20(28)15-4-1-2-7-22-15/h1-2,4,7,13-14,16-17H,3,5-6,8-12H2,(H2,21,26)(H,23,28)/t13-,14+,16+,17+/m1/s1. The van der Waals surface area contributed by atoms with Crippen LogP contribution in [0, 0.1) is 11.8 Å². The number of primary amides is 1. The number of nitrogens with one attached hydrogen (secondary N) is 1. The fourth-order valence-electron chi connectivity index (χ4n) is 5.27. The lowest BCUT2D eigenvalue weighted by Crippen LogP contribution is -2.67. The van der Waals surface area contributed by atoms with Gasteiger partial charge in [-0.25, -0.2) is 0 Å². The van der Waals surface area contributed by atoms with Crippen LogP contribution in [0.2, 0.25) is 0 Å². The molecule has 1 aromatic heterocycles. The molecule has 0 spiro atoms. The Kier molecular flexibility index (Phi) is 5.30. The van der Waals surface area contributed by atoms with Crippen molar-refractivity contribution in [1.29, 1.82) is 0 Å². The van der Waals surface area contributed by atoms with E-state index in [9.17, 15) is 14.4 Å². The molecular weight excluding hydrogens is 358 g/mol. The highest BCUT2D eigenvalue weighted by molar-refractivity contribution is 5.92. The molecule has 3 saturated heterocycles. The largest absolute Gasteiger partial charge is 0.369 e. The van der Waals surface area contributed by atoms with Crippen molar-refractivity contribution in [2.24, 2.45) is 17.6 Å². The number of nitrogens with two attached hydrogens (primary N) is 1. The summed E-state index contributed by atoms with van der Waals surface area (Å²) in [6, 6.07) is 5.35. The van der Waals surface area contributed by atoms with E-state index < -0.39 is 0 Å². The van der Waals surface area contributed by atoms with Gasteiger partial charge in [-0.2, -0.15) is 0 Å². The van der Waals surface area contributed by atoms with E-state index in [1.54, 1.807) is 24.4 Å². The molecule has 4 atom stereocenters. The van der Waals surface area contributed by atoms with Crippen molar-refractivity contribution in [3.63, 3.8) is 0 Å². The summed E-state index contributed by atoms with van der Waals surface area (Å²) in [5, 5.41) is 2.98. The molecule has 0 radical (unpaired) electrons. The van der Waals surface area contributed by atoms with Gasteiger partial charge in [-0.3, -0.25) is 24.3 Å². The van der Waals surface area contributed by atoms with E-state index in [4.69, 9.17) is 5.73 Å². The molecule has 8 nitrogen and oxygen atoms in total. The van der Waals surface area contributed by atoms with Gasteiger partial charge in [0.25, 0.3) is 5.91 Å². The number of likely N-dealkylation sites (tertiary alicyclic amines) is 1. The molecule has 0 aromatic carbocycles. The number of piperidine rings is 3. The lowest BCUT2D eigenvalue weighted by Gasteiger charge is -2.56. The molecule has 3 N–H and O–H groups in total. The highest BCUT2D eigenvalue weighted by atomic mass is 16.2. The third kappa shape index (κ3) is 3.73. The average Bonchev–Trinajstić information content (AvgIpc) is 2.68. The zero-order valence-electron chi connectivity index (χ0n) is 15.9. The van der Waals surface area contributed by atoms with Gasteiger partial charge in [-0.15, -0.1) is 0 Å². The molecule has 0 aliphatic carbocycles. The van der Waals surface area contributed by atoms with Crippen LogP contribution >= 0.6 is 0 Å². The van der Waals surface area contributed by atoms with Crippen molar-refractivity contribution < 1.29 is 14.4 Å². The van der Waals surface area contributed by atoms with Gasteiger partial charge in [0.15, 0.2) is 0 Å². The van der Waals surface area contributed by atoms with Gasteiger partial charge < -0.3 is 16.0 Å². The third-order valence-corrected chi connectivity index (χ3v) is 6.32. The Morgan fingerprint density at radius 2 is 2.07 bits per heavy atom. The summed E-state index contributed by atoms with van der Waals surface area (Å²) in [6.07, 6.45) is 5.08. The number of amides is 3. The zero-order valence-corrected chi connectivity index (χ0v) is 15.9. The first-order valence-corrected chi connectivity index (χ1v) is 10.0. The number of hydrogen-bond acceptors (Lipinski definition) is 5. The number of carbonyl (C=O) groups excluding carboxylic acids is 3. The van der Waals surface area contributed by atoms with Crippen molar-refractivity contribution in [3.05, 3.63) is 30.1 Å². The number of rotatable bonds is 5. The quantitative estimate of drug-likeness (QED) is 0.742. The van der Waals surface area contributed by atoms with E-state index in [0.717, 1.165) is 32.4 Å². The highest BCUT2D eigenvalue weighted by Gasteiger charge is 2.49. The maximum atomic E-state index is 12.8. The summed E-state index contributed by atoms with van der Waals surface area (Å²) in [4.78, 5) is 44.9. The van der Waals surface area contributed by atoms with Gasteiger partial charge in [0.1, 0.15) is 5.69 Å². The topological polar surface area (TPSA) is 109 Å². The van der Waals surface area contributed by atoms with Crippen molar-refractivity contribution in [1.82, 2.24) is 20.1 Å². The molecule has 4 heterocycles. The minimum absolute atomic E-state index is 0.0580. The van der Waals surface area contributed by atoms with Crippen molar-refractivity contribution in [2.75, 3.05) is 26.2 Å². The Hall–Kier alpha value is -2.48. The van der Waals surface area contributed by atoms with Crippen LogP contribution in [0.25, 0.3) is 0 Å². The predicted molar refractivity (Wildman–Crippen MR) is 102 cm³/mol. The van der Waals surface area contributed by atoms with Crippen LogP contribution in [-0.4, -0.2) is 70.8 Å². The number of pyridine rings is 1. The first-order valence-electron chi connectivity index (χ1n) is 10.0. The van der Waals surface area contributed by atoms with E-state index in [1.807, 2.05) is 4.90 Å². The summed E-state index contributed by atoms with van der Waals surface area (Å²) in [5.74, 6) is 0.224. The SMILES string of the molecule is NC(=O)CN1C[C@H]2C[C@@H](C1)[C@H](CNC(=O)c1ccccn1)N1C(=O)CCC[C@@H]21. The minimum Gasteiger partial charge on any atom is -0.369 e. The Balaban J connectivity index is 1.51. The molecule has 0 unspecified atom stereocenters. The molecule has 3 fully saturated rings. The van der Waals surface area contributed by atoms with E-state index in [-0.39, 0.29) is 42.3 Å². The summed E-state index contributed by atoms with van der Waals surface area (Å²) < 4.78 is 0. The van der Waals surface area contributed by atoms with Crippen LogP contribution in [-0.2, 0) is 9.59 Å². The van der Waals surface area contributed by atoms with Crippen LogP contribution in [0.4, 0.5) is 0 Å². The van der Waals surface area contributed by atoms with E-state index >= 15 is 0 Å². The van der Waals surface area contributed by atoms with Crippen LogP contribution in [0.1, 0.15) is 36.2 Å². The van der Waals surface area contributed by atoms with Crippen molar-refractivity contribution in [3.8, 4) is 0 Å². The van der Waals surface area contributed by atoms with E-state index in [2.05, 4.69) is 15.2 Å². The molecule has 8 heteroatoms. The Bertz CT molecular complexity index is 755. The van der Waals surface area contributed by atoms with Crippen LogP contribution in [0.15, 0.2) is 24.4 Å². The van der Waals surface area contributed by atoms with Gasteiger partial charge in [0.2, 0.25) is 11.8 Å². The number of fused-ring (bicyclic) bond motifs is 4. The van der Waals surface area contributed by atoms with Gasteiger partial charge >= 0.3 is 0 Å². The van der Waals surface area contributed by atoms with Crippen molar-refractivity contribution in [2.45, 2.75) is 37.8 Å². The van der Waals surface area contributed by atoms with Crippen LogP contribution < -0.4 is 11.1 Å². The summed E-state index contributed by atoms with van der Waals surface area (Å²) in [7, 11) is 0. The second-order valence-electron chi connectivity index (χ2n) is 8.17. The third-order valence-electron chi connectivity index (χ3n) is 6.32. The van der Waals surface area contributed by atoms with Gasteiger partial charge in [-0.05, 0) is 43.2 Å². The molecule has 3 aliphatic rings. The fraction of sp³-hybridized carbons (Fsp3) is 0.600. The number of nitrogens with zero attached hydrogens (tertiary/aromatic N) is 3. The van der Waals surface area contributed by atoms with E-state index in [1.165, 1.54) is 0 Å². The minimum atomic E-state index is -0.323. The normalized spacial score (nSPS) is 29.9. The number of aromatic nitrogens is 1. The smallest absolute Gasteiger partial charge is 0.269 e. The Morgan fingerprint density at radius 1 is 1.25 bits per heavy atom. The lowest BCUT2D eigenvalue weighted by molar-refractivity contribution is -0.153. The monoisotopic (exact) mass is 385 g/mol. The molecule has 2 bridgehead atoms. The molecule has 4 rings (SSSR count). The Labute approximate surface area is 164 Å². The first kappa shape index (κ1) is 18.9. The molecule has 0 saturated carbocycles. The van der Waals surface area contributed by atoms with Crippen LogP contribution in [0.3, 0.4) is 0 Å². The molecule has 28 heavy (non-hydrogen) atoms. The maximum Gasteiger partial charge on any atom is 0.269 e. The maximum absolute atomic E-state index is 12.8. The van der Waals surface area contributed by atoms with Crippen molar-refractivity contribution >= 4 is 17.7 Å². The number of carbonyl (C=O) groups is 3. The molecular formula is C20H27N5O3. The summed E-state index contributed by atoms with van der Waals surface area (Å²) in [5.41, 5.74) is 5.79. The van der Waals surface area contributed by atoms with Gasteiger partial charge in [-0.1, -0.05) is 6.07 Å². The summed E-state index contributed by atoms with van der Waals surface area (Å²) in [6.45, 7) is 2.18. The predicted octanol–water partition coefficient (Wildman–Crippen LogP) is -0.00190. The first-order chi connectivity index (χ1) is 13.5.